The molecule has 1 atom stereocenters. The lowest BCUT2D eigenvalue weighted by atomic mass is 10.1. The Balaban J connectivity index is 2.40. The highest BCUT2D eigenvalue weighted by Gasteiger charge is 2.04. The zero-order valence-electron chi connectivity index (χ0n) is 11.2. The van der Waals surface area contributed by atoms with Gasteiger partial charge in [0.25, 0.3) is 0 Å². The van der Waals surface area contributed by atoms with Gasteiger partial charge in [0.2, 0.25) is 0 Å². The molecule has 0 amide bonds. The highest BCUT2D eigenvalue weighted by molar-refractivity contribution is 5.42. The van der Waals surface area contributed by atoms with Gasteiger partial charge in [0, 0.05) is 24.9 Å². The molecule has 3 nitrogen and oxygen atoms in total. The number of anilines is 1. The van der Waals surface area contributed by atoms with Gasteiger partial charge in [0.05, 0.1) is 6.61 Å². The van der Waals surface area contributed by atoms with Crippen LogP contribution in [-0.4, -0.2) is 18.1 Å². The third kappa shape index (κ3) is 5.18. The van der Waals surface area contributed by atoms with Crippen LogP contribution in [0.3, 0.4) is 0 Å². The summed E-state index contributed by atoms with van der Waals surface area (Å²) in [6.07, 6.45) is 4.26. The summed E-state index contributed by atoms with van der Waals surface area (Å²) < 4.78 is 5.74. The lowest BCUT2D eigenvalue weighted by Gasteiger charge is -2.13. The zero-order chi connectivity index (χ0) is 12.5. The second-order valence-electron chi connectivity index (χ2n) is 4.45. The number of hydrogen-bond donors (Lipinski definition) is 1. The van der Waals surface area contributed by atoms with Crippen molar-refractivity contribution < 1.29 is 4.74 Å². The minimum Gasteiger partial charge on any atom is -0.376 e. The third-order valence-corrected chi connectivity index (χ3v) is 2.68. The van der Waals surface area contributed by atoms with E-state index in [1.165, 1.54) is 12.8 Å². The highest BCUT2D eigenvalue weighted by Crippen LogP contribution is 2.13. The summed E-state index contributed by atoms with van der Waals surface area (Å²) in [4.78, 5) is 4.31. The van der Waals surface area contributed by atoms with Gasteiger partial charge in [-0.3, -0.25) is 0 Å². The van der Waals surface area contributed by atoms with Crippen molar-refractivity contribution in [1.82, 2.24) is 4.98 Å². The Morgan fingerprint density at radius 1 is 1.41 bits per heavy atom. The molecule has 17 heavy (non-hydrogen) atoms. The van der Waals surface area contributed by atoms with Gasteiger partial charge in [-0.15, -0.1) is 0 Å². The number of aromatic nitrogens is 1. The second-order valence-corrected chi connectivity index (χ2v) is 4.45. The predicted octanol–water partition coefficient (Wildman–Crippen LogP) is 3.47. The van der Waals surface area contributed by atoms with Crippen LogP contribution in [-0.2, 0) is 11.3 Å². The molecule has 1 N–H and O–H groups in total. The second kappa shape index (κ2) is 8.07. The van der Waals surface area contributed by atoms with Crippen molar-refractivity contribution in [2.45, 2.75) is 40.2 Å². The van der Waals surface area contributed by atoms with Gasteiger partial charge in [-0.2, -0.15) is 0 Å². The maximum atomic E-state index is 5.74. The van der Waals surface area contributed by atoms with Gasteiger partial charge in [-0.1, -0.05) is 26.3 Å². The fourth-order valence-corrected chi connectivity index (χ4v) is 1.83. The smallest absolute Gasteiger partial charge is 0.131 e. The molecule has 0 aliphatic rings. The molecular weight excluding hydrogens is 212 g/mol. The van der Waals surface area contributed by atoms with Crippen LogP contribution in [0.25, 0.3) is 0 Å². The topological polar surface area (TPSA) is 34.1 Å². The first-order valence-electron chi connectivity index (χ1n) is 6.53. The maximum Gasteiger partial charge on any atom is 0.131 e. The van der Waals surface area contributed by atoms with E-state index in [0.29, 0.717) is 12.5 Å². The summed E-state index contributed by atoms with van der Waals surface area (Å²) in [5, 5.41) is 3.25. The number of hydrogen-bond acceptors (Lipinski definition) is 3. The van der Waals surface area contributed by atoms with Crippen molar-refractivity contribution >= 4 is 5.82 Å². The molecule has 1 unspecified atom stereocenters. The van der Waals surface area contributed by atoms with Gasteiger partial charge in [0.1, 0.15) is 5.82 Å². The number of nitrogens with zero attached hydrogens (tertiary/aromatic N) is 1. The largest absolute Gasteiger partial charge is 0.376 e. The molecule has 3 heteroatoms. The first-order chi connectivity index (χ1) is 8.27. The SMILES string of the molecule is CCCC(C)COCc1cccnc1NCC. The summed E-state index contributed by atoms with van der Waals surface area (Å²) >= 11 is 0. The van der Waals surface area contributed by atoms with Crippen LogP contribution in [0.4, 0.5) is 5.82 Å². The predicted molar refractivity (Wildman–Crippen MR) is 72.1 cm³/mol. The number of ether oxygens (including phenoxy) is 1. The zero-order valence-corrected chi connectivity index (χ0v) is 11.2. The lowest BCUT2D eigenvalue weighted by molar-refractivity contribution is 0.0895. The Bertz CT molecular complexity index is 315. The maximum absolute atomic E-state index is 5.74. The molecule has 0 radical (unpaired) electrons. The van der Waals surface area contributed by atoms with E-state index in [-0.39, 0.29) is 0 Å². The molecule has 1 heterocycles. The third-order valence-electron chi connectivity index (χ3n) is 2.68. The molecule has 0 saturated heterocycles. The fraction of sp³-hybridized carbons (Fsp3) is 0.643. The lowest BCUT2D eigenvalue weighted by Crippen LogP contribution is -2.08. The van der Waals surface area contributed by atoms with Gasteiger partial charge in [-0.05, 0) is 25.3 Å². The molecule has 0 fully saturated rings. The molecule has 0 bridgehead atoms. The standard InChI is InChI=1S/C14H24N2O/c1-4-7-12(3)10-17-11-13-8-6-9-16-14(13)15-5-2/h6,8-9,12H,4-5,7,10-11H2,1-3H3,(H,15,16). The van der Waals surface area contributed by atoms with Gasteiger partial charge < -0.3 is 10.1 Å². The van der Waals surface area contributed by atoms with Crippen molar-refractivity contribution in [2.24, 2.45) is 5.92 Å². The Kier molecular flexibility index (Phi) is 6.63. The van der Waals surface area contributed by atoms with Crippen LogP contribution in [0.1, 0.15) is 39.2 Å². The fourth-order valence-electron chi connectivity index (χ4n) is 1.83. The van der Waals surface area contributed by atoms with Crippen LogP contribution in [0, 0.1) is 5.92 Å². The van der Waals surface area contributed by atoms with E-state index in [0.717, 1.165) is 24.5 Å². The van der Waals surface area contributed by atoms with Crippen molar-refractivity contribution in [1.29, 1.82) is 0 Å². The van der Waals surface area contributed by atoms with Crippen LogP contribution < -0.4 is 5.32 Å². The Labute approximate surface area is 105 Å². The molecule has 0 aliphatic carbocycles. The van der Waals surface area contributed by atoms with Crippen molar-refractivity contribution in [3.63, 3.8) is 0 Å². The summed E-state index contributed by atoms with van der Waals surface area (Å²) in [5.41, 5.74) is 1.14. The Morgan fingerprint density at radius 3 is 2.94 bits per heavy atom. The number of nitrogens with one attached hydrogen (secondary N) is 1. The summed E-state index contributed by atoms with van der Waals surface area (Å²) in [7, 11) is 0. The number of rotatable bonds is 8. The molecule has 0 saturated carbocycles. The average Bonchev–Trinajstić information content (AvgIpc) is 2.32. The molecular formula is C14H24N2O. The van der Waals surface area contributed by atoms with E-state index in [4.69, 9.17) is 4.74 Å². The first kappa shape index (κ1) is 14.0. The molecule has 96 valence electrons. The van der Waals surface area contributed by atoms with E-state index >= 15 is 0 Å². The van der Waals surface area contributed by atoms with Crippen molar-refractivity contribution in [3.8, 4) is 0 Å². The minimum absolute atomic E-state index is 0.638. The van der Waals surface area contributed by atoms with E-state index < -0.39 is 0 Å². The summed E-state index contributed by atoms with van der Waals surface area (Å²) in [6.45, 7) is 8.87. The molecule has 1 aromatic heterocycles. The van der Waals surface area contributed by atoms with Crippen LogP contribution in [0.2, 0.25) is 0 Å². The van der Waals surface area contributed by atoms with Gasteiger partial charge >= 0.3 is 0 Å². The molecule has 1 aromatic rings. The summed E-state index contributed by atoms with van der Waals surface area (Å²) in [5.74, 6) is 1.58. The summed E-state index contributed by atoms with van der Waals surface area (Å²) in [6, 6.07) is 4.02. The van der Waals surface area contributed by atoms with E-state index in [2.05, 4.69) is 37.1 Å². The van der Waals surface area contributed by atoms with Crippen molar-refractivity contribution in [3.05, 3.63) is 23.9 Å². The molecule has 0 aliphatic heterocycles. The van der Waals surface area contributed by atoms with Crippen LogP contribution in [0.15, 0.2) is 18.3 Å². The van der Waals surface area contributed by atoms with E-state index in [1.54, 1.807) is 6.20 Å². The highest BCUT2D eigenvalue weighted by atomic mass is 16.5. The molecule has 1 rings (SSSR count). The first-order valence-corrected chi connectivity index (χ1v) is 6.53. The number of pyridine rings is 1. The van der Waals surface area contributed by atoms with E-state index in [1.807, 2.05) is 6.07 Å². The Morgan fingerprint density at radius 2 is 2.24 bits per heavy atom. The van der Waals surface area contributed by atoms with Gasteiger partial charge in [-0.25, -0.2) is 4.98 Å². The average molecular weight is 236 g/mol. The van der Waals surface area contributed by atoms with Gasteiger partial charge in [0.15, 0.2) is 0 Å². The van der Waals surface area contributed by atoms with Crippen LogP contribution >= 0.6 is 0 Å². The van der Waals surface area contributed by atoms with Crippen molar-refractivity contribution in [2.75, 3.05) is 18.5 Å². The van der Waals surface area contributed by atoms with E-state index in [9.17, 15) is 0 Å². The Hall–Kier alpha value is -1.09. The monoisotopic (exact) mass is 236 g/mol. The molecule has 0 aromatic carbocycles. The quantitative estimate of drug-likeness (QED) is 0.750. The van der Waals surface area contributed by atoms with Crippen LogP contribution in [0.5, 0.6) is 0 Å². The minimum atomic E-state index is 0.638. The normalized spacial score (nSPS) is 12.4. The molecule has 0 spiro atoms.